The first-order valence-corrected chi connectivity index (χ1v) is 8.92. The van der Waals surface area contributed by atoms with Gasteiger partial charge >= 0.3 is 5.97 Å². The summed E-state index contributed by atoms with van der Waals surface area (Å²) in [6.07, 6.45) is -0.347. The van der Waals surface area contributed by atoms with Crippen molar-refractivity contribution in [3.05, 3.63) is 60.2 Å². The monoisotopic (exact) mass is 349 g/mol. The molecule has 0 aliphatic heterocycles. The van der Waals surface area contributed by atoms with E-state index in [2.05, 4.69) is 4.72 Å². The van der Waals surface area contributed by atoms with Crippen LogP contribution in [0.3, 0.4) is 0 Å². The molecule has 2 aromatic rings. The van der Waals surface area contributed by atoms with Crippen molar-refractivity contribution in [2.45, 2.75) is 24.3 Å². The Morgan fingerprint density at radius 2 is 1.75 bits per heavy atom. The third-order valence-corrected chi connectivity index (χ3v) is 4.81. The second-order valence-electron chi connectivity index (χ2n) is 5.09. The zero-order valence-corrected chi connectivity index (χ0v) is 14.0. The van der Waals surface area contributed by atoms with E-state index in [1.807, 2.05) is 6.92 Å². The van der Waals surface area contributed by atoms with E-state index in [0.717, 1.165) is 0 Å². The van der Waals surface area contributed by atoms with Crippen LogP contribution in [0.4, 0.5) is 0 Å². The molecule has 2 rings (SSSR count). The molecule has 0 aromatic heterocycles. The lowest BCUT2D eigenvalue weighted by Gasteiger charge is -2.17. The summed E-state index contributed by atoms with van der Waals surface area (Å²) in [5.41, 5.74) is 0.592. The van der Waals surface area contributed by atoms with Crippen molar-refractivity contribution in [2.24, 2.45) is 0 Å². The Morgan fingerprint density at radius 1 is 1.12 bits per heavy atom. The summed E-state index contributed by atoms with van der Waals surface area (Å²) in [4.78, 5) is 11.1. The van der Waals surface area contributed by atoms with Crippen LogP contribution in [0.5, 0.6) is 5.75 Å². The van der Waals surface area contributed by atoms with Gasteiger partial charge in [0.2, 0.25) is 10.0 Å². The predicted molar refractivity (Wildman–Crippen MR) is 89.4 cm³/mol. The number of benzene rings is 2. The molecular formula is C17H19NO5S. The molecule has 0 aliphatic carbocycles. The number of rotatable bonds is 8. The zero-order chi connectivity index (χ0) is 17.6. The molecule has 0 heterocycles. The molecule has 128 valence electrons. The molecule has 24 heavy (non-hydrogen) atoms. The Balaban J connectivity index is 2.24. The summed E-state index contributed by atoms with van der Waals surface area (Å²) in [6.45, 7) is 2.32. The summed E-state index contributed by atoms with van der Waals surface area (Å²) in [5.74, 6) is -0.514. The zero-order valence-electron chi connectivity index (χ0n) is 13.2. The van der Waals surface area contributed by atoms with E-state index in [1.54, 1.807) is 42.5 Å². The van der Waals surface area contributed by atoms with Gasteiger partial charge in [0.05, 0.1) is 24.0 Å². The van der Waals surface area contributed by atoms with Crippen molar-refractivity contribution in [2.75, 3.05) is 6.61 Å². The van der Waals surface area contributed by atoms with Gasteiger partial charge in [0.25, 0.3) is 0 Å². The molecule has 0 unspecified atom stereocenters. The fraction of sp³-hybridized carbons (Fsp3) is 0.235. The molecule has 2 N–H and O–H groups in total. The molecule has 0 aliphatic rings. The van der Waals surface area contributed by atoms with E-state index in [-0.39, 0.29) is 11.3 Å². The SMILES string of the molecule is CCOc1ccc(S(=O)(=O)N[C@@H](CC(=O)O)c2ccccc2)cc1. The highest BCUT2D eigenvalue weighted by Crippen LogP contribution is 2.22. The molecular weight excluding hydrogens is 330 g/mol. The standard InChI is InChI=1S/C17H19NO5S/c1-2-23-14-8-10-15(11-9-14)24(21,22)18-16(12-17(19)20)13-6-4-3-5-7-13/h3-11,16,18H,2,12H2,1H3,(H,19,20)/t16-/m0/s1. The van der Waals surface area contributed by atoms with Gasteiger partial charge in [-0.3, -0.25) is 4.79 Å². The Morgan fingerprint density at radius 3 is 2.29 bits per heavy atom. The van der Waals surface area contributed by atoms with Crippen LogP contribution in [0.1, 0.15) is 24.9 Å². The molecule has 0 bridgehead atoms. The van der Waals surface area contributed by atoms with Gasteiger partial charge in [-0.15, -0.1) is 0 Å². The summed E-state index contributed by atoms with van der Waals surface area (Å²) < 4.78 is 32.8. The maximum atomic E-state index is 12.5. The number of sulfonamides is 1. The van der Waals surface area contributed by atoms with Crippen LogP contribution in [-0.2, 0) is 14.8 Å². The van der Waals surface area contributed by atoms with Crippen LogP contribution in [0.25, 0.3) is 0 Å². The van der Waals surface area contributed by atoms with Crippen LogP contribution in [-0.4, -0.2) is 26.1 Å². The van der Waals surface area contributed by atoms with Crippen molar-refractivity contribution < 1.29 is 23.1 Å². The van der Waals surface area contributed by atoms with Crippen molar-refractivity contribution >= 4 is 16.0 Å². The van der Waals surface area contributed by atoms with E-state index in [1.165, 1.54) is 12.1 Å². The minimum atomic E-state index is -3.85. The topological polar surface area (TPSA) is 92.7 Å². The van der Waals surface area contributed by atoms with E-state index in [0.29, 0.717) is 17.9 Å². The van der Waals surface area contributed by atoms with Gasteiger partial charge in [-0.05, 0) is 36.8 Å². The first-order valence-electron chi connectivity index (χ1n) is 7.44. The number of hydrogen-bond acceptors (Lipinski definition) is 4. The third-order valence-electron chi connectivity index (χ3n) is 3.32. The molecule has 6 nitrogen and oxygen atoms in total. The lowest BCUT2D eigenvalue weighted by molar-refractivity contribution is -0.137. The minimum Gasteiger partial charge on any atom is -0.494 e. The molecule has 2 aromatic carbocycles. The molecule has 1 atom stereocenters. The number of ether oxygens (including phenoxy) is 1. The summed E-state index contributed by atoms with van der Waals surface area (Å²) in [7, 11) is -3.85. The first-order chi connectivity index (χ1) is 11.4. The molecule has 0 saturated heterocycles. The number of carboxylic acids is 1. The molecule has 0 fully saturated rings. The van der Waals surface area contributed by atoms with Crippen molar-refractivity contribution in [3.8, 4) is 5.75 Å². The van der Waals surface area contributed by atoms with Crippen LogP contribution in [0, 0.1) is 0 Å². The fourth-order valence-electron chi connectivity index (χ4n) is 2.22. The second kappa shape index (κ2) is 7.94. The largest absolute Gasteiger partial charge is 0.494 e. The third kappa shape index (κ3) is 4.81. The molecule has 7 heteroatoms. The van der Waals surface area contributed by atoms with Crippen LogP contribution in [0.15, 0.2) is 59.5 Å². The highest BCUT2D eigenvalue weighted by Gasteiger charge is 2.23. The molecule has 0 spiro atoms. The van der Waals surface area contributed by atoms with Crippen LogP contribution >= 0.6 is 0 Å². The van der Waals surface area contributed by atoms with Crippen LogP contribution in [0.2, 0.25) is 0 Å². The number of aliphatic carboxylic acids is 1. The van der Waals surface area contributed by atoms with Gasteiger partial charge in [-0.2, -0.15) is 0 Å². The quantitative estimate of drug-likeness (QED) is 0.764. The van der Waals surface area contributed by atoms with Crippen molar-refractivity contribution in [3.63, 3.8) is 0 Å². The fourth-order valence-corrected chi connectivity index (χ4v) is 3.45. The van der Waals surface area contributed by atoms with E-state index in [9.17, 15) is 13.2 Å². The average Bonchev–Trinajstić information content (AvgIpc) is 2.55. The maximum absolute atomic E-state index is 12.5. The van der Waals surface area contributed by atoms with Gasteiger partial charge < -0.3 is 9.84 Å². The molecule has 0 saturated carbocycles. The van der Waals surface area contributed by atoms with Gasteiger partial charge in [-0.1, -0.05) is 30.3 Å². The Kier molecular flexibility index (Phi) is 5.94. The van der Waals surface area contributed by atoms with E-state index in [4.69, 9.17) is 9.84 Å². The maximum Gasteiger partial charge on any atom is 0.305 e. The lowest BCUT2D eigenvalue weighted by atomic mass is 10.1. The number of carbonyl (C=O) groups is 1. The van der Waals surface area contributed by atoms with E-state index < -0.39 is 22.0 Å². The van der Waals surface area contributed by atoms with Gasteiger partial charge in [-0.25, -0.2) is 13.1 Å². The molecule has 0 radical (unpaired) electrons. The van der Waals surface area contributed by atoms with Crippen molar-refractivity contribution in [1.82, 2.24) is 4.72 Å². The second-order valence-corrected chi connectivity index (χ2v) is 6.80. The molecule has 0 amide bonds. The first kappa shape index (κ1) is 18.0. The van der Waals surface area contributed by atoms with Gasteiger partial charge in [0.15, 0.2) is 0 Å². The van der Waals surface area contributed by atoms with Gasteiger partial charge in [0.1, 0.15) is 5.75 Å². The minimum absolute atomic E-state index is 0.0530. The average molecular weight is 349 g/mol. The lowest BCUT2D eigenvalue weighted by Crippen LogP contribution is -2.30. The highest BCUT2D eigenvalue weighted by molar-refractivity contribution is 7.89. The van der Waals surface area contributed by atoms with Crippen LogP contribution < -0.4 is 9.46 Å². The Labute approximate surface area is 141 Å². The van der Waals surface area contributed by atoms with Crippen molar-refractivity contribution in [1.29, 1.82) is 0 Å². The Hall–Kier alpha value is -2.38. The van der Waals surface area contributed by atoms with Gasteiger partial charge in [0, 0.05) is 0 Å². The smallest absolute Gasteiger partial charge is 0.305 e. The van der Waals surface area contributed by atoms with E-state index >= 15 is 0 Å². The normalized spacial score (nSPS) is 12.5. The summed E-state index contributed by atoms with van der Waals surface area (Å²) in [6, 6.07) is 13.8. The predicted octanol–water partition coefficient (Wildman–Crippen LogP) is 2.58. The summed E-state index contributed by atoms with van der Waals surface area (Å²) in [5, 5.41) is 9.06. The summed E-state index contributed by atoms with van der Waals surface area (Å²) >= 11 is 0. The number of carboxylic acid groups (broad SMARTS) is 1. The Bertz CT molecular complexity index is 772. The number of hydrogen-bond donors (Lipinski definition) is 2. The number of nitrogens with one attached hydrogen (secondary N) is 1. The highest BCUT2D eigenvalue weighted by atomic mass is 32.2.